The fourth-order valence-corrected chi connectivity index (χ4v) is 5.29. The minimum absolute atomic E-state index is 0.0991. The molecular formula is C26H29ClN2O3S. The number of hydrogen-bond donors (Lipinski definition) is 1. The molecule has 0 aromatic heterocycles. The Bertz CT molecular complexity index is 1240. The van der Waals surface area contributed by atoms with Gasteiger partial charge in [0.15, 0.2) is 0 Å². The number of para-hydroxylation sites is 1. The highest BCUT2D eigenvalue weighted by atomic mass is 35.5. The predicted molar refractivity (Wildman–Crippen MR) is 134 cm³/mol. The van der Waals surface area contributed by atoms with E-state index in [1.165, 1.54) is 17.7 Å². The average molecular weight is 485 g/mol. The van der Waals surface area contributed by atoms with E-state index in [0.29, 0.717) is 6.42 Å². The van der Waals surface area contributed by atoms with Gasteiger partial charge >= 0.3 is 0 Å². The second-order valence-electron chi connectivity index (χ2n) is 8.15. The van der Waals surface area contributed by atoms with Crippen LogP contribution in [0.2, 0.25) is 5.02 Å². The van der Waals surface area contributed by atoms with Crippen LogP contribution in [0.15, 0.2) is 71.6 Å². The van der Waals surface area contributed by atoms with Crippen molar-refractivity contribution in [2.45, 2.75) is 45.1 Å². The maximum Gasteiger partial charge on any atom is 0.264 e. The van der Waals surface area contributed by atoms with Gasteiger partial charge in [0, 0.05) is 0 Å². The molecule has 1 N–H and O–H groups in total. The molecule has 1 unspecified atom stereocenters. The highest BCUT2D eigenvalue weighted by molar-refractivity contribution is 7.92. The summed E-state index contributed by atoms with van der Waals surface area (Å²) in [4.78, 5) is 13.2. The first-order valence-corrected chi connectivity index (χ1v) is 12.7. The Morgan fingerprint density at radius 2 is 1.64 bits per heavy atom. The summed E-state index contributed by atoms with van der Waals surface area (Å²) in [7, 11) is -4.02. The quantitative estimate of drug-likeness (QED) is 0.444. The Hall–Kier alpha value is -2.83. The molecule has 7 heteroatoms. The zero-order valence-corrected chi connectivity index (χ0v) is 20.9. The fraction of sp³-hybridized carbons (Fsp3) is 0.269. The van der Waals surface area contributed by atoms with E-state index >= 15 is 0 Å². The Balaban J connectivity index is 1.93. The van der Waals surface area contributed by atoms with E-state index in [-0.39, 0.29) is 28.2 Å². The number of benzene rings is 3. The number of nitrogens with zero attached hydrogens (tertiary/aromatic N) is 1. The van der Waals surface area contributed by atoms with Crippen molar-refractivity contribution >= 4 is 33.2 Å². The van der Waals surface area contributed by atoms with Gasteiger partial charge in [-0.3, -0.25) is 9.10 Å². The zero-order chi connectivity index (χ0) is 24.2. The highest BCUT2D eigenvalue weighted by Crippen LogP contribution is 2.30. The van der Waals surface area contributed by atoms with E-state index in [4.69, 9.17) is 11.6 Å². The van der Waals surface area contributed by atoms with Crippen LogP contribution in [0, 0.1) is 20.8 Å². The lowest BCUT2D eigenvalue weighted by molar-refractivity contribution is -0.120. The third kappa shape index (κ3) is 5.75. The molecular weight excluding hydrogens is 456 g/mol. The molecule has 0 bridgehead atoms. The van der Waals surface area contributed by atoms with Crippen LogP contribution < -0.4 is 9.62 Å². The monoisotopic (exact) mass is 484 g/mol. The molecule has 33 heavy (non-hydrogen) atoms. The number of halogens is 1. The normalized spacial score (nSPS) is 12.3. The number of nitrogens with one attached hydrogen (secondary N) is 1. The molecule has 1 atom stereocenters. The van der Waals surface area contributed by atoms with Crippen LogP contribution in [-0.2, 0) is 14.8 Å². The van der Waals surface area contributed by atoms with E-state index in [0.717, 1.165) is 21.0 Å². The summed E-state index contributed by atoms with van der Waals surface area (Å²) < 4.78 is 28.1. The van der Waals surface area contributed by atoms with Gasteiger partial charge in [0.1, 0.15) is 6.54 Å². The van der Waals surface area contributed by atoms with Gasteiger partial charge in [-0.05, 0) is 68.1 Å². The van der Waals surface area contributed by atoms with Gasteiger partial charge in [-0.2, -0.15) is 0 Å². The maximum absolute atomic E-state index is 13.5. The molecule has 0 aliphatic rings. The van der Waals surface area contributed by atoms with Gasteiger partial charge in [0.05, 0.1) is 21.6 Å². The van der Waals surface area contributed by atoms with Crippen molar-refractivity contribution < 1.29 is 13.2 Å². The first kappa shape index (κ1) is 24.8. The summed E-state index contributed by atoms with van der Waals surface area (Å²) in [5.41, 5.74) is 4.50. The van der Waals surface area contributed by atoms with Gasteiger partial charge in [0.2, 0.25) is 5.91 Å². The van der Waals surface area contributed by atoms with Crippen molar-refractivity contribution in [1.82, 2.24) is 5.32 Å². The molecule has 0 radical (unpaired) electrons. The molecule has 3 aromatic rings. The van der Waals surface area contributed by atoms with E-state index in [9.17, 15) is 13.2 Å². The smallest absolute Gasteiger partial charge is 0.264 e. The molecule has 0 fully saturated rings. The number of rotatable bonds is 8. The highest BCUT2D eigenvalue weighted by Gasteiger charge is 2.29. The third-order valence-corrected chi connectivity index (χ3v) is 7.79. The number of aryl methyl sites for hydroxylation is 3. The zero-order valence-electron chi connectivity index (χ0n) is 19.3. The Morgan fingerprint density at radius 3 is 2.24 bits per heavy atom. The van der Waals surface area contributed by atoms with Crippen molar-refractivity contribution in [1.29, 1.82) is 0 Å². The standard InChI is InChI=1S/C26H29ClN2O3S/c1-5-24(21-13-12-19(3)20(4)16-21)28-26(30)17-29(25-9-7-6-8-23(25)27)33(31,32)22-14-10-18(2)11-15-22/h6-16,24H,5,17H2,1-4H3,(H,28,30). The first-order chi connectivity index (χ1) is 15.6. The largest absolute Gasteiger partial charge is 0.348 e. The van der Waals surface area contributed by atoms with Crippen molar-refractivity contribution in [2.24, 2.45) is 0 Å². The molecule has 0 heterocycles. The molecule has 174 valence electrons. The van der Waals surface area contributed by atoms with Crippen LogP contribution >= 0.6 is 11.6 Å². The number of anilines is 1. The third-order valence-electron chi connectivity index (χ3n) is 5.69. The van der Waals surface area contributed by atoms with Crippen LogP contribution in [-0.4, -0.2) is 20.9 Å². The molecule has 0 saturated heterocycles. The minimum Gasteiger partial charge on any atom is -0.348 e. The molecule has 3 rings (SSSR count). The number of sulfonamides is 1. The van der Waals surface area contributed by atoms with E-state index in [2.05, 4.69) is 11.4 Å². The molecule has 0 aliphatic carbocycles. The topological polar surface area (TPSA) is 66.5 Å². The van der Waals surface area contributed by atoms with Crippen molar-refractivity contribution in [3.63, 3.8) is 0 Å². The number of carbonyl (C=O) groups is 1. The van der Waals surface area contributed by atoms with Crippen molar-refractivity contribution in [3.05, 3.63) is 94.0 Å². The molecule has 0 saturated carbocycles. The van der Waals surface area contributed by atoms with Gasteiger partial charge in [0.25, 0.3) is 10.0 Å². The second kappa shape index (κ2) is 10.4. The van der Waals surface area contributed by atoms with Crippen LogP contribution in [0.25, 0.3) is 0 Å². The maximum atomic E-state index is 13.5. The molecule has 3 aromatic carbocycles. The van der Waals surface area contributed by atoms with Gasteiger partial charge in [-0.25, -0.2) is 8.42 Å². The average Bonchev–Trinajstić information content (AvgIpc) is 2.78. The van der Waals surface area contributed by atoms with E-state index in [1.54, 1.807) is 36.4 Å². The summed E-state index contributed by atoms with van der Waals surface area (Å²) in [6.07, 6.45) is 0.672. The van der Waals surface area contributed by atoms with Crippen LogP contribution in [0.5, 0.6) is 0 Å². The van der Waals surface area contributed by atoms with Gasteiger partial charge in [-0.15, -0.1) is 0 Å². The minimum atomic E-state index is -4.02. The lowest BCUT2D eigenvalue weighted by atomic mass is 9.99. The molecule has 1 amide bonds. The van der Waals surface area contributed by atoms with Crippen molar-refractivity contribution in [3.8, 4) is 0 Å². The van der Waals surface area contributed by atoms with Gasteiger partial charge < -0.3 is 5.32 Å². The summed E-state index contributed by atoms with van der Waals surface area (Å²) in [5, 5.41) is 3.25. The summed E-state index contributed by atoms with van der Waals surface area (Å²) in [6.45, 7) is 7.54. The van der Waals surface area contributed by atoms with E-state index < -0.39 is 15.9 Å². The van der Waals surface area contributed by atoms with Gasteiger partial charge in [-0.1, -0.05) is 66.6 Å². The van der Waals surface area contributed by atoms with Crippen LogP contribution in [0.1, 0.15) is 41.6 Å². The molecule has 0 spiro atoms. The van der Waals surface area contributed by atoms with Crippen molar-refractivity contribution in [2.75, 3.05) is 10.8 Å². The van der Waals surface area contributed by atoms with E-state index in [1.807, 2.05) is 39.8 Å². The van der Waals surface area contributed by atoms with Crippen LogP contribution in [0.3, 0.4) is 0 Å². The van der Waals surface area contributed by atoms with Crippen LogP contribution in [0.4, 0.5) is 5.69 Å². The SMILES string of the molecule is CCC(NC(=O)CN(c1ccccc1Cl)S(=O)(=O)c1ccc(C)cc1)c1ccc(C)c(C)c1. The molecule has 5 nitrogen and oxygen atoms in total. The summed E-state index contributed by atoms with van der Waals surface area (Å²) in [5.74, 6) is -0.407. The lowest BCUT2D eigenvalue weighted by Gasteiger charge is -2.26. The Labute approximate surface area is 201 Å². The Morgan fingerprint density at radius 1 is 0.970 bits per heavy atom. The Kier molecular flexibility index (Phi) is 7.82. The number of carbonyl (C=O) groups excluding carboxylic acids is 1. The first-order valence-electron chi connectivity index (χ1n) is 10.8. The summed E-state index contributed by atoms with van der Waals surface area (Å²) >= 11 is 6.34. The predicted octanol–water partition coefficient (Wildman–Crippen LogP) is 5.73. The number of hydrogen-bond acceptors (Lipinski definition) is 3. The second-order valence-corrected chi connectivity index (χ2v) is 10.4. The molecule has 0 aliphatic heterocycles. The fourth-order valence-electron chi connectivity index (χ4n) is 3.56. The lowest BCUT2D eigenvalue weighted by Crippen LogP contribution is -2.42. The number of amides is 1. The summed E-state index contributed by atoms with van der Waals surface area (Å²) in [6, 6.07) is 19.0.